The van der Waals surface area contributed by atoms with E-state index < -0.39 is 0 Å². The Labute approximate surface area is 97.5 Å². The van der Waals surface area contributed by atoms with Gasteiger partial charge in [0.15, 0.2) is 0 Å². The standard InChI is InChI=1S/C13H22N2O/c1-2-15-7-6-11(10-15)9-14-12-4-3-5-13(16)8-12/h6-7,10,12-14,16H,2-5,8-9H2,1H3. The summed E-state index contributed by atoms with van der Waals surface area (Å²) in [7, 11) is 0. The van der Waals surface area contributed by atoms with Gasteiger partial charge in [-0.2, -0.15) is 0 Å². The Balaban J connectivity index is 1.78. The van der Waals surface area contributed by atoms with Crippen molar-refractivity contribution in [3.63, 3.8) is 0 Å². The number of nitrogens with one attached hydrogen (secondary N) is 1. The molecule has 0 bridgehead atoms. The Kier molecular flexibility index (Phi) is 4.02. The minimum absolute atomic E-state index is 0.0912. The van der Waals surface area contributed by atoms with Crippen LogP contribution in [-0.2, 0) is 13.1 Å². The van der Waals surface area contributed by atoms with Gasteiger partial charge in [0.25, 0.3) is 0 Å². The van der Waals surface area contributed by atoms with E-state index >= 15 is 0 Å². The van der Waals surface area contributed by atoms with Crippen molar-refractivity contribution in [1.29, 1.82) is 0 Å². The van der Waals surface area contributed by atoms with Crippen LogP contribution in [0.25, 0.3) is 0 Å². The monoisotopic (exact) mass is 222 g/mol. The first-order valence-electron chi connectivity index (χ1n) is 6.34. The van der Waals surface area contributed by atoms with Crippen molar-refractivity contribution in [2.24, 2.45) is 0 Å². The fraction of sp³-hybridized carbons (Fsp3) is 0.692. The molecule has 90 valence electrons. The molecular weight excluding hydrogens is 200 g/mol. The fourth-order valence-electron chi connectivity index (χ4n) is 2.40. The molecule has 16 heavy (non-hydrogen) atoms. The molecule has 1 aliphatic rings. The fourth-order valence-corrected chi connectivity index (χ4v) is 2.40. The molecule has 1 aliphatic carbocycles. The molecule has 3 nitrogen and oxygen atoms in total. The van der Waals surface area contributed by atoms with Crippen LogP contribution in [0, 0.1) is 0 Å². The predicted octanol–water partition coefficient (Wildman–Crippen LogP) is 1.90. The van der Waals surface area contributed by atoms with E-state index in [0.717, 1.165) is 32.4 Å². The summed E-state index contributed by atoms with van der Waals surface area (Å²) >= 11 is 0. The summed E-state index contributed by atoms with van der Waals surface area (Å²) in [5, 5.41) is 13.1. The topological polar surface area (TPSA) is 37.2 Å². The highest BCUT2D eigenvalue weighted by Crippen LogP contribution is 2.18. The molecule has 0 aromatic carbocycles. The summed E-state index contributed by atoms with van der Waals surface area (Å²) < 4.78 is 2.19. The smallest absolute Gasteiger partial charge is 0.0555 e. The van der Waals surface area contributed by atoms with Crippen LogP contribution in [0.15, 0.2) is 18.5 Å². The average Bonchev–Trinajstić information content (AvgIpc) is 2.74. The second-order valence-corrected chi connectivity index (χ2v) is 4.75. The first-order chi connectivity index (χ1) is 7.78. The summed E-state index contributed by atoms with van der Waals surface area (Å²) in [6.45, 7) is 4.10. The molecular formula is C13H22N2O. The molecule has 1 saturated carbocycles. The second kappa shape index (κ2) is 5.51. The van der Waals surface area contributed by atoms with E-state index in [9.17, 15) is 5.11 Å². The number of aromatic nitrogens is 1. The highest BCUT2D eigenvalue weighted by atomic mass is 16.3. The number of nitrogens with zero attached hydrogens (tertiary/aromatic N) is 1. The van der Waals surface area contributed by atoms with Crippen LogP contribution in [0.3, 0.4) is 0 Å². The minimum Gasteiger partial charge on any atom is -0.393 e. The SMILES string of the molecule is CCn1ccc(CNC2CCCC(O)C2)c1. The molecule has 1 aromatic heterocycles. The summed E-state index contributed by atoms with van der Waals surface area (Å²) in [5.74, 6) is 0. The number of aliphatic hydroxyl groups excluding tert-OH is 1. The molecule has 1 heterocycles. The number of aryl methyl sites for hydroxylation is 1. The van der Waals surface area contributed by atoms with Crippen molar-refractivity contribution in [3.05, 3.63) is 24.0 Å². The molecule has 2 unspecified atom stereocenters. The molecule has 1 fully saturated rings. The highest BCUT2D eigenvalue weighted by molar-refractivity contribution is 5.10. The zero-order valence-corrected chi connectivity index (χ0v) is 10.0. The van der Waals surface area contributed by atoms with E-state index in [1.807, 2.05) is 0 Å². The van der Waals surface area contributed by atoms with E-state index in [1.54, 1.807) is 0 Å². The van der Waals surface area contributed by atoms with Gasteiger partial charge in [-0.1, -0.05) is 0 Å². The van der Waals surface area contributed by atoms with Gasteiger partial charge in [-0.05, 0) is 44.2 Å². The van der Waals surface area contributed by atoms with Crippen LogP contribution < -0.4 is 5.32 Å². The largest absolute Gasteiger partial charge is 0.393 e. The van der Waals surface area contributed by atoms with Crippen molar-refractivity contribution < 1.29 is 5.11 Å². The second-order valence-electron chi connectivity index (χ2n) is 4.75. The molecule has 0 radical (unpaired) electrons. The molecule has 2 N–H and O–H groups in total. The van der Waals surface area contributed by atoms with Crippen molar-refractivity contribution in [2.45, 2.75) is 57.8 Å². The van der Waals surface area contributed by atoms with E-state index in [2.05, 4.69) is 35.3 Å². The third-order valence-electron chi connectivity index (χ3n) is 3.42. The van der Waals surface area contributed by atoms with Gasteiger partial charge >= 0.3 is 0 Å². The Morgan fingerprint density at radius 3 is 3.06 bits per heavy atom. The van der Waals surface area contributed by atoms with Crippen molar-refractivity contribution >= 4 is 0 Å². The third-order valence-corrected chi connectivity index (χ3v) is 3.42. The van der Waals surface area contributed by atoms with Gasteiger partial charge in [0.05, 0.1) is 6.10 Å². The lowest BCUT2D eigenvalue weighted by molar-refractivity contribution is 0.111. The molecule has 0 spiro atoms. The number of hydrogen-bond acceptors (Lipinski definition) is 2. The molecule has 1 aromatic rings. The van der Waals surface area contributed by atoms with Gasteiger partial charge in [0.1, 0.15) is 0 Å². The van der Waals surface area contributed by atoms with Gasteiger partial charge in [0, 0.05) is 31.5 Å². The lowest BCUT2D eigenvalue weighted by Gasteiger charge is -2.26. The molecule has 0 saturated heterocycles. The van der Waals surface area contributed by atoms with Crippen LogP contribution in [0.2, 0.25) is 0 Å². The summed E-state index contributed by atoms with van der Waals surface area (Å²) in [6, 6.07) is 2.66. The maximum absolute atomic E-state index is 9.57. The van der Waals surface area contributed by atoms with Crippen LogP contribution in [-0.4, -0.2) is 21.8 Å². The minimum atomic E-state index is -0.0912. The third kappa shape index (κ3) is 3.09. The number of hydrogen-bond donors (Lipinski definition) is 2. The molecule has 3 heteroatoms. The first-order valence-corrected chi connectivity index (χ1v) is 6.34. The Morgan fingerprint density at radius 1 is 1.50 bits per heavy atom. The van der Waals surface area contributed by atoms with Crippen LogP contribution in [0.5, 0.6) is 0 Å². The summed E-state index contributed by atoms with van der Waals surface area (Å²) in [6.07, 6.45) is 8.45. The van der Waals surface area contributed by atoms with Crippen LogP contribution >= 0.6 is 0 Å². The Morgan fingerprint density at radius 2 is 2.38 bits per heavy atom. The van der Waals surface area contributed by atoms with Gasteiger partial charge < -0.3 is 15.0 Å². The Bertz CT molecular complexity index is 321. The van der Waals surface area contributed by atoms with Gasteiger partial charge in [-0.25, -0.2) is 0 Å². The maximum Gasteiger partial charge on any atom is 0.0555 e. The maximum atomic E-state index is 9.57. The lowest BCUT2D eigenvalue weighted by Crippen LogP contribution is -2.35. The first kappa shape index (κ1) is 11.7. The summed E-state index contributed by atoms with van der Waals surface area (Å²) in [4.78, 5) is 0. The highest BCUT2D eigenvalue weighted by Gasteiger charge is 2.19. The van der Waals surface area contributed by atoms with Gasteiger partial charge in [-0.15, -0.1) is 0 Å². The van der Waals surface area contributed by atoms with Crippen LogP contribution in [0.4, 0.5) is 0 Å². The van der Waals surface area contributed by atoms with E-state index in [1.165, 1.54) is 12.0 Å². The zero-order valence-electron chi connectivity index (χ0n) is 10.0. The predicted molar refractivity (Wildman–Crippen MR) is 65.2 cm³/mol. The number of rotatable bonds is 4. The molecule has 0 aliphatic heterocycles. The Hall–Kier alpha value is -0.800. The average molecular weight is 222 g/mol. The summed E-state index contributed by atoms with van der Waals surface area (Å²) in [5.41, 5.74) is 1.34. The van der Waals surface area contributed by atoms with E-state index in [4.69, 9.17) is 0 Å². The van der Waals surface area contributed by atoms with Crippen molar-refractivity contribution in [1.82, 2.24) is 9.88 Å². The molecule has 0 amide bonds. The van der Waals surface area contributed by atoms with Crippen molar-refractivity contribution in [3.8, 4) is 0 Å². The normalized spacial score (nSPS) is 25.9. The lowest BCUT2D eigenvalue weighted by atomic mass is 9.93. The van der Waals surface area contributed by atoms with Gasteiger partial charge in [-0.3, -0.25) is 0 Å². The van der Waals surface area contributed by atoms with Gasteiger partial charge in [0.2, 0.25) is 0 Å². The quantitative estimate of drug-likeness (QED) is 0.816. The molecule has 2 atom stereocenters. The van der Waals surface area contributed by atoms with E-state index in [0.29, 0.717) is 6.04 Å². The van der Waals surface area contributed by atoms with Crippen LogP contribution in [0.1, 0.15) is 38.2 Å². The zero-order chi connectivity index (χ0) is 11.4. The van der Waals surface area contributed by atoms with Crippen molar-refractivity contribution in [2.75, 3.05) is 0 Å². The van der Waals surface area contributed by atoms with E-state index in [-0.39, 0.29) is 6.10 Å². The number of aliphatic hydroxyl groups is 1. The molecule has 2 rings (SSSR count).